The van der Waals surface area contributed by atoms with Crippen LogP contribution in [0.2, 0.25) is 0 Å². The van der Waals surface area contributed by atoms with Crippen LogP contribution in [0.3, 0.4) is 0 Å². The maximum Gasteiger partial charge on any atom is 0.140 e. The summed E-state index contributed by atoms with van der Waals surface area (Å²) >= 11 is 0. The summed E-state index contributed by atoms with van der Waals surface area (Å²) < 4.78 is 12.0. The lowest BCUT2D eigenvalue weighted by Crippen LogP contribution is -2.01. The van der Waals surface area contributed by atoms with Gasteiger partial charge in [0.2, 0.25) is 0 Å². The summed E-state index contributed by atoms with van der Waals surface area (Å²) in [6.45, 7) is 0. The third-order valence-corrected chi connectivity index (χ3v) is 5.41. The van der Waals surface area contributed by atoms with Crippen LogP contribution in [0.5, 0.6) is 0 Å². The second-order valence-electron chi connectivity index (χ2n) is 7.07. The van der Waals surface area contributed by atoms with E-state index in [9.17, 15) is 0 Å². The van der Waals surface area contributed by atoms with E-state index in [1.807, 2.05) is 24.3 Å². The molecule has 6 aromatic rings. The molecule has 0 saturated heterocycles. The minimum Gasteiger partial charge on any atom is -0.456 e. The summed E-state index contributed by atoms with van der Waals surface area (Å²) in [6.07, 6.45) is 0. The van der Waals surface area contributed by atoms with Gasteiger partial charge in [-0.05, 0) is 47.5 Å². The Morgan fingerprint density at radius 3 is 2.00 bits per heavy atom. The van der Waals surface area contributed by atoms with Crippen molar-refractivity contribution >= 4 is 57.2 Å². The number of rotatable bonds is 1. The van der Waals surface area contributed by atoms with Gasteiger partial charge in [-0.15, -0.1) is 0 Å². The van der Waals surface area contributed by atoms with Crippen molar-refractivity contribution in [3.63, 3.8) is 0 Å². The molecule has 2 nitrogen and oxygen atoms in total. The van der Waals surface area contributed by atoms with E-state index in [0.29, 0.717) is 0 Å². The molecule has 126 valence electrons. The molecule has 6 rings (SSSR count). The van der Waals surface area contributed by atoms with Gasteiger partial charge in [0, 0.05) is 21.5 Å². The van der Waals surface area contributed by atoms with Crippen molar-refractivity contribution < 1.29 is 8.83 Å². The van der Waals surface area contributed by atoms with Crippen LogP contribution >= 0.6 is 0 Å². The predicted octanol–water partition coefficient (Wildman–Crippen LogP) is 5.41. The lowest BCUT2D eigenvalue weighted by Gasteiger charge is -2.03. The van der Waals surface area contributed by atoms with Gasteiger partial charge in [0.05, 0.1) is 0 Å². The summed E-state index contributed by atoms with van der Waals surface area (Å²) in [7, 11) is 2.13. The van der Waals surface area contributed by atoms with Crippen molar-refractivity contribution in [2.75, 3.05) is 0 Å². The van der Waals surface area contributed by atoms with Gasteiger partial charge in [-0.3, -0.25) is 0 Å². The molecule has 27 heavy (non-hydrogen) atoms. The molecule has 0 spiro atoms. The van der Waals surface area contributed by atoms with E-state index in [1.54, 1.807) is 0 Å². The quantitative estimate of drug-likeness (QED) is 0.372. The molecule has 3 heteroatoms. The first-order valence-corrected chi connectivity index (χ1v) is 9.11. The molecule has 0 fully saturated rings. The minimum atomic E-state index is 0.922. The molecule has 0 amide bonds. The maximum absolute atomic E-state index is 6.02. The summed E-state index contributed by atoms with van der Waals surface area (Å²) in [6, 6.07) is 27.2. The highest BCUT2D eigenvalue weighted by molar-refractivity contribution is 6.41. The van der Waals surface area contributed by atoms with Crippen LogP contribution in [0.4, 0.5) is 0 Å². The molecule has 0 saturated carbocycles. The molecule has 0 aliphatic rings. The van der Waals surface area contributed by atoms with Gasteiger partial charge in [0.15, 0.2) is 0 Å². The third-order valence-electron chi connectivity index (χ3n) is 5.41. The Hall–Kier alpha value is -3.46. The molecule has 0 aliphatic carbocycles. The van der Waals surface area contributed by atoms with E-state index < -0.39 is 0 Å². The lowest BCUT2D eigenvalue weighted by molar-refractivity contribution is 0.668. The highest BCUT2D eigenvalue weighted by Crippen LogP contribution is 2.35. The number of fused-ring (bicyclic) bond motifs is 6. The molecular weight excluding hydrogens is 331 g/mol. The first-order chi connectivity index (χ1) is 13.3. The summed E-state index contributed by atoms with van der Waals surface area (Å²) in [4.78, 5) is 0. The zero-order chi connectivity index (χ0) is 18.0. The largest absolute Gasteiger partial charge is 0.456 e. The Balaban J connectivity index is 1.62. The average molecular weight is 346 g/mol. The van der Waals surface area contributed by atoms with E-state index in [1.165, 1.54) is 22.0 Å². The van der Waals surface area contributed by atoms with Gasteiger partial charge in [-0.1, -0.05) is 47.9 Å². The Labute approximate surface area is 156 Å². The van der Waals surface area contributed by atoms with Crippen LogP contribution in [0, 0.1) is 0 Å². The van der Waals surface area contributed by atoms with Crippen LogP contribution in [0.1, 0.15) is 0 Å². The Morgan fingerprint density at radius 1 is 0.519 bits per heavy atom. The van der Waals surface area contributed by atoms with Gasteiger partial charge >= 0.3 is 0 Å². The first-order valence-electron chi connectivity index (χ1n) is 9.11. The molecule has 0 atom stereocenters. The first kappa shape index (κ1) is 14.7. The fraction of sp³-hybridized carbons (Fsp3) is 0. The molecule has 2 aromatic heterocycles. The third kappa shape index (κ3) is 2.09. The Bertz CT molecular complexity index is 1490. The standard InChI is InChI=1S/C24H15BO2/c25-19-5-3-7-23-24(19)18-13-15(9-11-22(18)27-23)14-8-10-21-17(12-14)16-4-1-2-6-20(16)26-21/h1-13H,25H2. The van der Waals surface area contributed by atoms with Gasteiger partial charge in [0.25, 0.3) is 0 Å². The van der Waals surface area contributed by atoms with E-state index >= 15 is 0 Å². The van der Waals surface area contributed by atoms with E-state index in [-0.39, 0.29) is 0 Å². The van der Waals surface area contributed by atoms with Crippen LogP contribution in [0.25, 0.3) is 55.0 Å². The molecule has 0 unspecified atom stereocenters. The Morgan fingerprint density at radius 2 is 1.15 bits per heavy atom. The molecular formula is C24H15BO2. The molecule has 4 aromatic carbocycles. The number of furan rings is 2. The number of hydrogen-bond donors (Lipinski definition) is 0. The normalized spacial score (nSPS) is 11.9. The fourth-order valence-corrected chi connectivity index (χ4v) is 4.09. The molecule has 2 heterocycles. The molecule has 0 aliphatic heterocycles. The topological polar surface area (TPSA) is 26.3 Å². The zero-order valence-corrected chi connectivity index (χ0v) is 14.8. The van der Waals surface area contributed by atoms with Crippen molar-refractivity contribution in [3.8, 4) is 11.1 Å². The molecule has 0 N–H and O–H groups in total. The predicted molar refractivity (Wildman–Crippen MR) is 115 cm³/mol. The van der Waals surface area contributed by atoms with Crippen molar-refractivity contribution in [2.24, 2.45) is 0 Å². The number of benzene rings is 4. The van der Waals surface area contributed by atoms with Crippen molar-refractivity contribution in [1.82, 2.24) is 0 Å². The van der Waals surface area contributed by atoms with E-state index in [0.717, 1.165) is 38.5 Å². The highest BCUT2D eigenvalue weighted by Gasteiger charge is 2.12. The minimum absolute atomic E-state index is 0.922. The smallest absolute Gasteiger partial charge is 0.140 e. The highest BCUT2D eigenvalue weighted by atomic mass is 16.3. The fourth-order valence-electron chi connectivity index (χ4n) is 4.09. The van der Waals surface area contributed by atoms with E-state index in [4.69, 9.17) is 8.83 Å². The average Bonchev–Trinajstić information content (AvgIpc) is 3.25. The Kier molecular flexibility index (Phi) is 2.87. The lowest BCUT2D eigenvalue weighted by atomic mass is 9.90. The number of hydrogen-bond acceptors (Lipinski definition) is 2. The van der Waals surface area contributed by atoms with Crippen LogP contribution in [-0.4, -0.2) is 7.85 Å². The maximum atomic E-state index is 6.02. The summed E-state index contributed by atoms with van der Waals surface area (Å²) in [5, 5.41) is 4.67. The number of para-hydroxylation sites is 1. The second kappa shape index (κ2) is 5.27. The molecule has 0 bridgehead atoms. The van der Waals surface area contributed by atoms with Crippen LogP contribution < -0.4 is 5.46 Å². The van der Waals surface area contributed by atoms with Crippen molar-refractivity contribution in [3.05, 3.63) is 78.9 Å². The van der Waals surface area contributed by atoms with Crippen molar-refractivity contribution in [1.29, 1.82) is 0 Å². The van der Waals surface area contributed by atoms with Gasteiger partial charge in [0.1, 0.15) is 30.2 Å². The second-order valence-corrected chi connectivity index (χ2v) is 7.07. The van der Waals surface area contributed by atoms with Crippen LogP contribution in [0.15, 0.2) is 87.7 Å². The van der Waals surface area contributed by atoms with Gasteiger partial charge in [-0.25, -0.2) is 0 Å². The van der Waals surface area contributed by atoms with Crippen molar-refractivity contribution in [2.45, 2.75) is 0 Å². The summed E-state index contributed by atoms with van der Waals surface area (Å²) in [5.74, 6) is 0. The van der Waals surface area contributed by atoms with Gasteiger partial charge < -0.3 is 8.83 Å². The molecule has 0 radical (unpaired) electrons. The zero-order valence-electron chi connectivity index (χ0n) is 14.8. The van der Waals surface area contributed by atoms with Gasteiger partial charge in [-0.2, -0.15) is 0 Å². The van der Waals surface area contributed by atoms with Crippen LogP contribution in [-0.2, 0) is 0 Å². The van der Waals surface area contributed by atoms with E-state index in [2.05, 4.69) is 62.4 Å². The summed E-state index contributed by atoms with van der Waals surface area (Å²) in [5.41, 5.74) is 7.32. The SMILES string of the molecule is Bc1cccc2oc3ccc(-c4ccc5oc6ccccc6c5c4)cc3c12. The monoisotopic (exact) mass is 346 g/mol.